The third-order valence-electron chi connectivity index (χ3n) is 4.14. The molecule has 0 amide bonds. The van der Waals surface area contributed by atoms with E-state index in [0.29, 0.717) is 6.10 Å². The number of hydrogen-bond acceptors (Lipinski definition) is 3. The van der Waals surface area contributed by atoms with E-state index in [9.17, 15) is 0 Å². The number of aliphatic imine (C=N–C) groups is 1. The van der Waals surface area contributed by atoms with E-state index < -0.39 is 0 Å². The molecule has 5 nitrogen and oxygen atoms in total. The van der Waals surface area contributed by atoms with Crippen molar-refractivity contribution < 1.29 is 9.47 Å². The zero-order valence-electron chi connectivity index (χ0n) is 14.8. The first kappa shape index (κ1) is 18.7. The summed E-state index contributed by atoms with van der Waals surface area (Å²) in [6.45, 7) is 4.27. The summed E-state index contributed by atoms with van der Waals surface area (Å²) in [7, 11) is 1.81. The van der Waals surface area contributed by atoms with Gasteiger partial charge in [-0.15, -0.1) is 0 Å². The molecule has 0 unspecified atom stereocenters. The van der Waals surface area contributed by atoms with Crippen molar-refractivity contribution in [2.45, 2.75) is 38.2 Å². The van der Waals surface area contributed by atoms with Crippen LogP contribution in [0.2, 0.25) is 0 Å². The maximum Gasteiger partial charge on any atom is 0.190 e. The quantitative estimate of drug-likeness (QED) is 0.414. The van der Waals surface area contributed by atoms with Crippen molar-refractivity contribution in [3.05, 3.63) is 35.9 Å². The average molecular weight is 333 g/mol. The summed E-state index contributed by atoms with van der Waals surface area (Å²) in [5.74, 6) is 0.870. The molecule has 134 valence electrons. The third kappa shape index (κ3) is 7.79. The highest BCUT2D eigenvalue weighted by Gasteiger charge is 2.13. The Hall–Kier alpha value is -1.59. The van der Waals surface area contributed by atoms with Crippen molar-refractivity contribution in [1.82, 2.24) is 10.6 Å². The van der Waals surface area contributed by atoms with Crippen molar-refractivity contribution in [3.8, 4) is 0 Å². The summed E-state index contributed by atoms with van der Waals surface area (Å²) in [5, 5.41) is 6.70. The lowest BCUT2D eigenvalue weighted by Crippen LogP contribution is -2.38. The number of nitrogens with zero attached hydrogens (tertiary/aromatic N) is 1. The van der Waals surface area contributed by atoms with Crippen molar-refractivity contribution in [1.29, 1.82) is 0 Å². The zero-order chi connectivity index (χ0) is 16.9. The van der Waals surface area contributed by atoms with Crippen LogP contribution in [0.4, 0.5) is 0 Å². The fourth-order valence-corrected chi connectivity index (χ4v) is 2.74. The summed E-state index contributed by atoms with van der Waals surface area (Å²) in [4.78, 5) is 4.26. The molecular weight excluding hydrogens is 302 g/mol. The molecule has 2 rings (SSSR count). The van der Waals surface area contributed by atoms with Gasteiger partial charge in [0.2, 0.25) is 0 Å². The minimum Gasteiger partial charge on any atom is -0.381 e. The van der Waals surface area contributed by atoms with E-state index in [1.165, 1.54) is 5.56 Å². The Morgan fingerprint density at radius 3 is 2.54 bits per heavy atom. The highest BCUT2D eigenvalue weighted by molar-refractivity contribution is 5.79. The topological polar surface area (TPSA) is 54.9 Å². The standard InChI is InChI=1S/C19H31N3O2/c1-20-19(21-12-5-9-17-7-3-2-4-8-17)22-13-6-14-24-18-10-15-23-16-11-18/h2-4,7-8,18H,5-6,9-16H2,1H3,(H2,20,21,22). The molecule has 1 saturated heterocycles. The van der Waals surface area contributed by atoms with Gasteiger partial charge in [-0.25, -0.2) is 0 Å². The molecule has 0 aliphatic carbocycles. The molecule has 0 atom stereocenters. The van der Waals surface area contributed by atoms with Gasteiger partial charge >= 0.3 is 0 Å². The van der Waals surface area contributed by atoms with E-state index in [2.05, 4.69) is 46.0 Å². The van der Waals surface area contributed by atoms with Crippen LogP contribution in [0.5, 0.6) is 0 Å². The van der Waals surface area contributed by atoms with Crippen LogP contribution in [0.3, 0.4) is 0 Å². The smallest absolute Gasteiger partial charge is 0.190 e. The van der Waals surface area contributed by atoms with Crippen molar-refractivity contribution in [3.63, 3.8) is 0 Å². The van der Waals surface area contributed by atoms with E-state index in [1.807, 2.05) is 7.05 Å². The summed E-state index contributed by atoms with van der Waals surface area (Å²) in [6, 6.07) is 10.6. The van der Waals surface area contributed by atoms with Gasteiger partial charge in [0.05, 0.1) is 6.10 Å². The second kappa shape index (κ2) is 11.9. The predicted octanol–water partition coefficient (Wildman–Crippen LogP) is 2.37. The first-order valence-corrected chi connectivity index (χ1v) is 9.06. The highest BCUT2D eigenvalue weighted by atomic mass is 16.5. The molecule has 1 heterocycles. The average Bonchev–Trinajstić information content (AvgIpc) is 2.65. The van der Waals surface area contributed by atoms with Gasteiger partial charge in [-0.1, -0.05) is 30.3 Å². The third-order valence-corrected chi connectivity index (χ3v) is 4.14. The molecule has 1 fully saturated rings. The Bertz CT molecular complexity index is 459. The number of ether oxygens (including phenoxy) is 2. The Kier molecular flexibility index (Phi) is 9.27. The van der Waals surface area contributed by atoms with E-state index in [0.717, 1.165) is 71.0 Å². The minimum absolute atomic E-state index is 0.383. The monoisotopic (exact) mass is 333 g/mol. The fourth-order valence-electron chi connectivity index (χ4n) is 2.74. The van der Waals surface area contributed by atoms with E-state index >= 15 is 0 Å². The molecule has 5 heteroatoms. The summed E-state index contributed by atoms with van der Waals surface area (Å²) in [6.07, 6.45) is 5.61. The lowest BCUT2D eigenvalue weighted by Gasteiger charge is -2.22. The summed E-state index contributed by atoms with van der Waals surface area (Å²) < 4.78 is 11.2. The molecule has 0 radical (unpaired) electrons. The molecule has 0 spiro atoms. The highest BCUT2D eigenvalue weighted by Crippen LogP contribution is 2.10. The van der Waals surface area contributed by atoms with Crippen molar-refractivity contribution in [2.24, 2.45) is 4.99 Å². The van der Waals surface area contributed by atoms with Crippen LogP contribution in [0.25, 0.3) is 0 Å². The van der Waals surface area contributed by atoms with Crippen LogP contribution < -0.4 is 10.6 Å². The first-order valence-electron chi connectivity index (χ1n) is 9.06. The number of hydrogen-bond donors (Lipinski definition) is 2. The van der Waals surface area contributed by atoms with Gasteiger partial charge in [0.15, 0.2) is 5.96 Å². The summed E-state index contributed by atoms with van der Waals surface area (Å²) in [5.41, 5.74) is 1.38. The number of aryl methyl sites for hydroxylation is 1. The molecular formula is C19H31N3O2. The molecule has 0 aromatic heterocycles. The maximum absolute atomic E-state index is 5.87. The number of nitrogens with one attached hydrogen (secondary N) is 2. The first-order chi connectivity index (χ1) is 11.9. The van der Waals surface area contributed by atoms with Crippen LogP contribution >= 0.6 is 0 Å². The van der Waals surface area contributed by atoms with Gasteiger partial charge in [0, 0.05) is 40.0 Å². The molecule has 1 aliphatic heterocycles. The molecule has 2 N–H and O–H groups in total. The predicted molar refractivity (Wildman–Crippen MR) is 98.5 cm³/mol. The number of benzene rings is 1. The fraction of sp³-hybridized carbons (Fsp3) is 0.632. The van der Waals surface area contributed by atoms with Gasteiger partial charge in [-0.05, 0) is 37.7 Å². The van der Waals surface area contributed by atoms with E-state index in [1.54, 1.807) is 0 Å². The minimum atomic E-state index is 0.383. The molecule has 1 aromatic rings. The lowest BCUT2D eigenvalue weighted by molar-refractivity contribution is -0.0320. The Morgan fingerprint density at radius 1 is 1.12 bits per heavy atom. The molecule has 1 aliphatic rings. The lowest BCUT2D eigenvalue weighted by atomic mass is 10.1. The number of guanidine groups is 1. The SMILES string of the molecule is CN=C(NCCCOC1CCOCC1)NCCCc1ccccc1. The largest absolute Gasteiger partial charge is 0.381 e. The molecule has 24 heavy (non-hydrogen) atoms. The Balaban J connectivity index is 1.47. The Labute approximate surface area is 145 Å². The van der Waals surface area contributed by atoms with Gasteiger partial charge in [0.25, 0.3) is 0 Å². The second-order valence-electron chi connectivity index (χ2n) is 6.05. The molecule has 0 saturated carbocycles. The van der Waals surface area contributed by atoms with Gasteiger partial charge in [-0.3, -0.25) is 4.99 Å². The van der Waals surface area contributed by atoms with Gasteiger partial charge in [-0.2, -0.15) is 0 Å². The van der Waals surface area contributed by atoms with Crippen molar-refractivity contribution in [2.75, 3.05) is 40.0 Å². The maximum atomic E-state index is 5.87. The normalized spacial score (nSPS) is 16.1. The zero-order valence-corrected chi connectivity index (χ0v) is 14.8. The van der Waals surface area contributed by atoms with Gasteiger partial charge in [0.1, 0.15) is 0 Å². The van der Waals surface area contributed by atoms with Crippen molar-refractivity contribution >= 4 is 5.96 Å². The van der Waals surface area contributed by atoms with Crippen LogP contribution in [-0.2, 0) is 15.9 Å². The number of rotatable bonds is 9. The van der Waals surface area contributed by atoms with E-state index in [4.69, 9.17) is 9.47 Å². The van der Waals surface area contributed by atoms with Crippen LogP contribution in [-0.4, -0.2) is 52.0 Å². The van der Waals surface area contributed by atoms with E-state index in [-0.39, 0.29) is 0 Å². The van der Waals surface area contributed by atoms with Gasteiger partial charge < -0.3 is 20.1 Å². The van der Waals surface area contributed by atoms with Crippen LogP contribution in [0, 0.1) is 0 Å². The second-order valence-corrected chi connectivity index (χ2v) is 6.05. The Morgan fingerprint density at radius 2 is 1.83 bits per heavy atom. The summed E-state index contributed by atoms with van der Waals surface area (Å²) >= 11 is 0. The molecule has 1 aromatic carbocycles. The molecule has 0 bridgehead atoms. The van der Waals surface area contributed by atoms with Crippen LogP contribution in [0.15, 0.2) is 35.3 Å². The van der Waals surface area contributed by atoms with Crippen LogP contribution in [0.1, 0.15) is 31.2 Å².